The van der Waals surface area contributed by atoms with Gasteiger partial charge in [-0.15, -0.1) is 0 Å². The molecule has 0 amide bonds. The van der Waals surface area contributed by atoms with Crippen molar-refractivity contribution in [3.63, 3.8) is 0 Å². The van der Waals surface area contributed by atoms with Crippen LogP contribution in [0.2, 0.25) is 0 Å². The van der Waals surface area contributed by atoms with E-state index in [1.807, 2.05) is 0 Å². The Bertz CT molecular complexity index is 710. The minimum atomic E-state index is -0.702. The normalized spacial score (nSPS) is 10.1. The van der Waals surface area contributed by atoms with Gasteiger partial charge in [-0.1, -0.05) is 23.9 Å². The van der Waals surface area contributed by atoms with Gasteiger partial charge in [-0.3, -0.25) is 20.2 Å². The van der Waals surface area contributed by atoms with Crippen LogP contribution >= 0.6 is 11.8 Å². The van der Waals surface area contributed by atoms with Gasteiger partial charge in [0.05, 0.1) is 14.7 Å². The zero-order valence-electron chi connectivity index (χ0n) is 10.3. The summed E-state index contributed by atoms with van der Waals surface area (Å²) >= 11 is 0.797. The molecular formula is C10H8N6O4S. The monoisotopic (exact) mass is 308 g/mol. The summed E-state index contributed by atoms with van der Waals surface area (Å²) in [6.45, 7) is 0. The Morgan fingerprint density at radius 2 is 1.86 bits per heavy atom. The van der Waals surface area contributed by atoms with E-state index in [0.717, 1.165) is 18.1 Å². The highest BCUT2D eigenvalue weighted by Gasteiger charge is 2.25. The SMILES string of the molecule is NNc1ncnc(Sc2ccccc2[N+](=O)[O-])c1[N+](=O)[O-]. The number of hydrogen-bond acceptors (Lipinski definition) is 9. The fourth-order valence-electron chi connectivity index (χ4n) is 1.51. The number of hydrazine groups is 1. The van der Waals surface area contributed by atoms with Crippen molar-refractivity contribution in [3.05, 3.63) is 50.8 Å². The number of nitrogens with zero attached hydrogens (tertiary/aromatic N) is 4. The molecule has 0 unspecified atom stereocenters. The molecule has 108 valence electrons. The number of rotatable bonds is 5. The molecule has 0 saturated carbocycles. The van der Waals surface area contributed by atoms with E-state index < -0.39 is 15.5 Å². The molecule has 21 heavy (non-hydrogen) atoms. The molecule has 0 fully saturated rings. The van der Waals surface area contributed by atoms with E-state index in [9.17, 15) is 20.2 Å². The molecule has 0 spiro atoms. The van der Waals surface area contributed by atoms with Crippen molar-refractivity contribution in [2.24, 2.45) is 5.84 Å². The van der Waals surface area contributed by atoms with Crippen LogP contribution in [0.15, 0.2) is 40.5 Å². The predicted molar refractivity (Wildman–Crippen MR) is 73.7 cm³/mol. The van der Waals surface area contributed by atoms with E-state index in [1.165, 1.54) is 18.2 Å². The standard InChI is InChI=1S/C10H8N6O4S/c11-14-9-8(16(19)20)10(13-5-12-9)21-7-4-2-1-3-6(7)15(17)18/h1-5H,11H2,(H,12,13,14). The second-order valence-corrected chi connectivity index (χ2v) is 4.64. The van der Waals surface area contributed by atoms with Crippen molar-refractivity contribution in [2.45, 2.75) is 9.92 Å². The van der Waals surface area contributed by atoms with Crippen LogP contribution < -0.4 is 11.3 Å². The van der Waals surface area contributed by atoms with Crippen LogP contribution in [0.1, 0.15) is 0 Å². The van der Waals surface area contributed by atoms with Gasteiger partial charge in [-0.2, -0.15) is 0 Å². The molecule has 3 N–H and O–H groups in total. The number of nitrogens with one attached hydrogen (secondary N) is 1. The van der Waals surface area contributed by atoms with Crippen LogP contribution in [0.25, 0.3) is 0 Å². The lowest BCUT2D eigenvalue weighted by molar-refractivity contribution is -0.388. The van der Waals surface area contributed by atoms with Crippen LogP contribution in [0, 0.1) is 20.2 Å². The number of para-hydroxylation sites is 1. The maximum Gasteiger partial charge on any atom is 0.344 e. The van der Waals surface area contributed by atoms with E-state index in [1.54, 1.807) is 6.07 Å². The molecule has 1 heterocycles. The highest BCUT2D eigenvalue weighted by atomic mass is 32.2. The first-order valence-electron chi connectivity index (χ1n) is 5.42. The first-order valence-corrected chi connectivity index (χ1v) is 6.23. The number of nitro groups is 2. The molecule has 0 aliphatic rings. The van der Waals surface area contributed by atoms with Gasteiger partial charge in [0.25, 0.3) is 5.69 Å². The number of aromatic nitrogens is 2. The topological polar surface area (TPSA) is 150 Å². The third-order valence-electron chi connectivity index (χ3n) is 2.38. The number of nitrogens with two attached hydrogens (primary N) is 1. The quantitative estimate of drug-likeness (QED) is 0.364. The molecule has 0 bridgehead atoms. The van der Waals surface area contributed by atoms with E-state index in [0.29, 0.717) is 0 Å². The lowest BCUT2D eigenvalue weighted by Crippen LogP contribution is -2.12. The molecule has 0 aliphatic carbocycles. The fourth-order valence-corrected chi connectivity index (χ4v) is 2.48. The van der Waals surface area contributed by atoms with Crippen molar-refractivity contribution in [2.75, 3.05) is 5.43 Å². The first kappa shape index (κ1) is 14.6. The van der Waals surface area contributed by atoms with Gasteiger partial charge in [0.1, 0.15) is 6.33 Å². The Morgan fingerprint density at radius 3 is 2.48 bits per heavy atom. The third-order valence-corrected chi connectivity index (χ3v) is 3.43. The van der Waals surface area contributed by atoms with Crippen LogP contribution in [-0.4, -0.2) is 19.8 Å². The first-order chi connectivity index (χ1) is 10.0. The van der Waals surface area contributed by atoms with Crippen molar-refractivity contribution in [1.82, 2.24) is 9.97 Å². The number of benzene rings is 1. The second kappa shape index (κ2) is 6.11. The fraction of sp³-hybridized carbons (Fsp3) is 0. The van der Waals surface area contributed by atoms with Crippen LogP contribution in [0.3, 0.4) is 0 Å². The molecule has 1 aromatic carbocycles. The Morgan fingerprint density at radius 1 is 1.14 bits per heavy atom. The maximum atomic E-state index is 11.1. The van der Waals surface area contributed by atoms with Gasteiger partial charge >= 0.3 is 5.69 Å². The van der Waals surface area contributed by atoms with E-state index in [4.69, 9.17) is 5.84 Å². The molecule has 2 rings (SSSR count). The summed E-state index contributed by atoms with van der Waals surface area (Å²) in [4.78, 5) is 28.4. The molecule has 0 aliphatic heterocycles. The minimum Gasteiger partial charge on any atom is -0.303 e. The molecule has 1 aromatic heterocycles. The highest BCUT2D eigenvalue weighted by molar-refractivity contribution is 7.99. The van der Waals surface area contributed by atoms with Gasteiger partial charge in [-0.05, 0) is 6.07 Å². The summed E-state index contributed by atoms with van der Waals surface area (Å²) in [6, 6.07) is 5.87. The average Bonchev–Trinajstić information content (AvgIpc) is 2.47. The van der Waals surface area contributed by atoms with Crippen LogP contribution in [-0.2, 0) is 0 Å². The van der Waals surface area contributed by atoms with E-state index in [2.05, 4.69) is 15.4 Å². The molecule has 0 saturated heterocycles. The second-order valence-electron chi connectivity index (χ2n) is 3.60. The summed E-state index contributed by atoms with van der Waals surface area (Å²) in [5.41, 5.74) is 1.49. The molecular weight excluding hydrogens is 300 g/mol. The van der Waals surface area contributed by atoms with Crippen molar-refractivity contribution in [3.8, 4) is 0 Å². The van der Waals surface area contributed by atoms with E-state index >= 15 is 0 Å². The maximum absolute atomic E-state index is 11.1. The molecule has 10 nitrogen and oxygen atoms in total. The number of hydrogen-bond donors (Lipinski definition) is 2. The summed E-state index contributed by atoms with van der Waals surface area (Å²) < 4.78 is 0. The van der Waals surface area contributed by atoms with Gasteiger partial charge < -0.3 is 5.43 Å². The van der Waals surface area contributed by atoms with E-state index in [-0.39, 0.29) is 21.4 Å². The summed E-state index contributed by atoms with van der Waals surface area (Å²) in [5.74, 6) is 5.00. The predicted octanol–water partition coefficient (Wildman–Crippen LogP) is 1.73. The third kappa shape index (κ3) is 3.04. The van der Waals surface area contributed by atoms with Crippen LogP contribution in [0.4, 0.5) is 17.2 Å². The lowest BCUT2D eigenvalue weighted by atomic mass is 10.3. The zero-order valence-corrected chi connectivity index (χ0v) is 11.1. The average molecular weight is 308 g/mol. The smallest absolute Gasteiger partial charge is 0.303 e. The molecule has 0 atom stereocenters. The highest BCUT2D eigenvalue weighted by Crippen LogP contribution is 2.39. The molecule has 0 radical (unpaired) electrons. The number of nitro benzene ring substituents is 1. The Hall–Kier alpha value is -2.79. The van der Waals surface area contributed by atoms with Gasteiger partial charge in [0.2, 0.25) is 5.82 Å². The van der Waals surface area contributed by atoms with Crippen molar-refractivity contribution < 1.29 is 9.85 Å². The van der Waals surface area contributed by atoms with Crippen molar-refractivity contribution in [1.29, 1.82) is 0 Å². The van der Waals surface area contributed by atoms with Gasteiger partial charge in [0.15, 0.2) is 5.03 Å². The van der Waals surface area contributed by atoms with Gasteiger partial charge in [0, 0.05) is 6.07 Å². The summed E-state index contributed by atoms with van der Waals surface area (Å²) in [5, 5.41) is 22.0. The Balaban J connectivity index is 2.50. The summed E-state index contributed by atoms with van der Waals surface area (Å²) in [7, 11) is 0. The molecule has 2 aromatic rings. The number of nitrogen functional groups attached to an aromatic ring is 1. The van der Waals surface area contributed by atoms with Gasteiger partial charge in [-0.25, -0.2) is 15.8 Å². The minimum absolute atomic E-state index is 0.0442. The van der Waals surface area contributed by atoms with Crippen molar-refractivity contribution >= 4 is 29.0 Å². The largest absolute Gasteiger partial charge is 0.344 e. The van der Waals surface area contributed by atoms with Crippen LogP contribution in [0.5, 0.6) is 0 Å². The summed E-state index contributed by atoms with van der Waals surface area (Å²) in [6.07, 6.45) is 1.08. The lowest BCUT2D eigenvalue weighted by Gasteiger charge is -2.05. The Kier molecular flexibility index (Phi) is 4.25. The zero-order chi connectivity index (χ0) is 15.4. The number of anilines is 1. The Labute approximate surface area is 121 Å². The molecule has 11 heteroatoms.